The van der Waals surface area contributed by atoms with Gasteiger partial charge in [-0.25, -0.2) is 9.97 Å². The van der Waals surface area contributed by atoms with Gasteiger partial charge < -0.3 is 28.9 Å². The van der Waals surface area contributed by atoms with Gasteiger partial charge in [0.25, 0.3) is 6.71 Å². The molecule has 17 rings (SSSR count). The van der Waals surface area contributed by atoms with Crippen molar-refractivity contribution in [1.82, 2.24) is 18.9 Å². The first-order chi connectivity index (χ1) is 44.4. The van der Waals surface area contributed by atoms with Crippen molar-refractivity contribution in [3.63, 3.8) is 0 Å². The minimum Gasteiger partial charge on any atom is -0.458 e. The second kappa shape index (κ2) is 17.5. The number of pyridine rings is 1. The van der Waals surface area contributed by atoms with Crippen LogP contribution < -0.4 is 45.3 Å². The van der Waals surface area contributed by atoms with E-state index in [-0.39, 0.29) is 46.7 Å². The second-order valence-electron chi connectivity index (χ2n) is 21.9. The van der Waals surface area contributed by atoms with Gasteiger partial charge in [0.05, 0.1) is 52.8 Å². The molecule has 0 saturated carbocycles. The third-order valence-corrected chi connectivity index (χ3v) is 16.2. The Labute approximate surface area is 488 Å². The Balaban J connectivity index is 0.781. The number of para-hydroxylation sites is 3. The molecule has 390 valence electrons. The van der Waals surface area contributed by atoms with Crippen molar-refractivity contribution < 1.29 is 27.9 Å². The molecule has 0 amide bonds. The number of fused-ring (bicyclic) bond motifs is 6. The molecule has 0 radical (unpaired) electrons. The molecular formula is C71H50BN7O3. The van der Waals surface area contributed by atoms with Gasteiger partial charge in [0, 0.05) is 57.7 Å². The molecule has 3 aromatic heterocycles. The summed E-state index contributed by atoms with van der Waals surface area (Å²) < 4.78 is 113. The van der Waals surface area contributed by atoms with Gasteiger partial charge in [0.1, 0.15) is 47.0 Å². The summed E-state index contributed by atoms with van der Waals surface area (Å²) in [6.45, 7) is 6.54. The van der Waals surface area contributed by atoms with E-state index in [9.17, 15) is 0 Å². The quantitative estimate of drug-likeness (QED) is 0.139. The van der Waals surface area contributed by atoms with Crippen LogP contribution in [0.5, 0.6) is 34.5 Å². The Bertz CT molecular complexity index is 5220. The van der Waals surface area contributed by atoms with Crippen LogP contribution in [0.15, 0.2) is 236 Å². The van der Waals surface area contributed by atoms with Crippen LogP contribution >= 0.6 is 0 Å². The first-order valence-electron chi connectivity index (χ1n) is 32.1. The molecule has 13 aromatic rings. The molecule has 0 aliphatic carbocycles. The number of nitrogens with zero attached hydrogens (tertiary/aromatic N) is 7. The summed E-state index contributed by atoms with van der Waals surface area (Å²) in [5.74, 6) is 5.59. The van der Waals surface area contributed by atoms with E-state index in [1.807, 2.05) is 119 Å². The highest BCUT2D eigenvalue weighted by Gasteiger charge is 2.47. The van der Waals surface area contributed by atoms with Gasteiger partial charge in [-0.3, -0.25) is 8.97 Å². The van der Waals surface area contributed by atoms with Crippen LogP contribution in [-0.2, 0) is 5.41 Å². The normalized spacial score (nSPS) is 15.3. The highest BCUT2D eigenvalue weighted by molar-refractivity contribution is 7.00. The fraction of sp³-hybridized carbons (Fsp3) is 0.0704. The Kier molecular flexibility index (Phi) is 7.97. The van der Waals surface area contributed by atoms with Crippen LogP contribution in [-0.4, -0.2) is 32.3 Å². The third kappa shape index (κ3) is 6.95. The minimum absolute atomic E-state index is 0.0767. The fourth-order valence-corrected chi connectivity index (χ4v) is 12.6. The second-order valence-corrected chi connectivity index (χ2v) is 21.9. The molecule has 4 aliphatic heterocycles. The molecule has 0 atom stereocenters. The number of hydrogen-bond donors (Lipinski definition) is 0. The number of anilines is 7. The SMILES string of the molecule is [2H]c1c([2H])c([2H])c(-c2cccc(-c3c([2H])c([2H])c([2H])c([2H])c3[2H])c2N2CN(c3cccc(Oc4ccc5c(c4)n(-c4cc(C(C)(C)C)ccn4)c4nc6ccc(N7c8cccc9c8B8c%10c(cccc%10Oc%10cccc7c%108)O9)cc6n54)c3)c3ccccc32)c([2H])c1[2H]. The maximum absolute atomic E-state index is 9.15. The summed E-state index contributed by atoms with van der Waals surface area (Å²) >= 11 is 0. The van der Waals surface area contributed by atoms with Gasteiger partial charge in [0.15, 0.2) is 0 Å². The lowest BCUT2D eigenvalue weighted by Crippen LogP contribution is -2.61. The van der Waals surface area contributed by atoms with Crippen molar-refractivity contribution in [1.29, 1.82) is 0 Å². The van der Waals surface area contributed by atoms with Crippen molar-refractivity contribution in [3.05, 3.63) is 242 Å². The Morgan fingerprint density at radius 1 is 0.524 bits per heavy atom. The molecular weight excluding hydrogens is 1010 g/mol. The van der Waals surface area contributed by atoms with Crippen molar-refractivity contribution in [2.75, 3.05) is 21.4 Å². The Hall–Kier alpha value is -10.5. The molecule has 82 heavy (non-hydrogen) atoms. The van der Waals surface area contributed by atoms with Gasteiger partial charge in [-0.2, -0.15) is 0 Å². The number of aromatic nitrogens is 4. The zero-order chi connectivity index (χ0) is 63.1. The molecule has 0 spiro atoms. The first kappa shape index (κ1) is 37.4. The molecule has 10 aromatic carbocycles. The van der Waals surface area contributed by atoms with Gasteiger partial charge in [-0.05, 0) is 136 Å². The Morgan fingerprint density at radius 3 is 1.82 bits per heavy atom. The molecule has 11 heteroatoms. The zero-order valence-electron chi connectivity index (χ0n) is 54.4. The van der Waals surface area contributed by atoms with E-state index in [1.54, 1.807) is 18.2 Å². The summed E-state index contributed by atoms with van der Waals surface area (Å²) in [4.78, 5) is 16.6. The lowest BCUT2D eigenvalue weighted by molar-refractivity contribution is 0.464. The van der Waals surface area contributed by atoms with Crippen molar-refractivity contribution in [2.24, 2.45) is 0 Å². The summed E-state index contributed by atoms with van der Waals surface area (Å²) in [5.41, 5.74) is 12.9. The smallest absolute Gasteiger partial charge is 0.266 e. The van der Waals surface area contributed by atoms with Crippen LogP contribution in [0.25, 0.3) is 55.9 Å². The molecule has 0 fully saturated rings. The highest BCUT2D eigenvalue weighted by atomic mass is 16.5. The minimum atomic E-state index is -0.563. The molecule has 0 bridgehead atoms. The summed E-state index contributed by atoms with van der Waals surface area (Å²) in [6.07, 6.45) is 1.84. The number of hydrogen-bond acceptors (Lipinski definition) is 8. The molecule has 0 unspecified atom stereocenters. The van der Waals surface area contributed by atoms with Crippen LogP contribution in [0.4, 0.5) is 39.8 Å². The van der Waals surface area contributed by atoms with E-state index < -0.39 is 60.4 Å². The van der Waals surface area contributed by atoms with E-state index in [4.69, 9.17) is 37.9 Å². The van der Waals surface area contributed by atoms with Crippen LogP contribution in [0.3, 0.4) is 0 Å². The van der Waals surface area contributed by atoms with E-state index in [0.717, 1.165) is 89.8 Å². The standard InChI is InChI=1S/C71H50BN7O3/c1-71(2,3)46-37-38-73-65(39-46)79-60-42-50(80-49-22-12-21-47(40-49)75-43-76(55-26-11-10-25-54(55)75)69-51(44-17-6-4-7-18-44)23-13-24-52(69)45-19-8-5-9-20-45)34-36-56(60)78-59-41-48(33-35-53(59)74-70(78)79)77-57-27-14-29-61-66(57)72-67-58(77)28-15-30-62(67)82-64-32-16-31-63(81-61)68(64)72/h4-42H,43H2,1-3H3/i4D,5D,6D,7D,8D,9D,17D,18D,19D,20D. The molecule has 7 heterocycles. The van der Waals surface area contributed by atoms with Crippen LogP contribution in [0.1, 0.15) is 40.0 Å². The number of benzene rings is 10. The van der Waals surface area contributed by atoms with Gasteiger partial charge >= 0.3 is 0 Å². The molecule has 0 saturated heterocycles. The fourth-order valence-electron chi connectivity index (χ4n) is 12.6. The van der Waals surface area contributed by atoms with Gasteiger partial charge in [-0.15, -0.1) is 0 Å². The maximum atomic E-state index is 9.15. The number of ether oxygens (including phenoxy) is 3. The first-order valence-corrected chi connectivity index (χ1v) is 27.1. The predicted molar refractivity (Wildman–Crippen MR) is 331 cm³/mol. The lowest BCUT2D eigenvalue weighted by atomic mass is 9.33. The molecule has 10 nitrogen and oxygen atoms in total. The average Bonchev–Trinajstić information content (AvgIpc) is 0.970. The zero-order valence-corrected chi connectivity index (χ0v) is 44.4. The van der Waals surface area contributed by atoms with E-state index in [0.29, 0.717) is 34.5 Å². The van der Waals surface area contributed by atoms with Crippen LogP contribution in [0, 0.1) is 0 Å². The van der Waals surface area contributed by atoms with E-state index >= 15 is 0 Å². The van der Waals surface area contributed by atoms with Crippen molar-refractivity contribution in [2.45, 2.75) is 26.2 Å². The van der Waals surface area contributed by atoms with Gasteiger partial charge in [-0.1, -0.05) is 136 Å². The monoisotopic (exact) mass is 1070 g/mol. The summed E-state index contributed by atoms with van der Waals surface area (Å²) in [6, 6.07) is 50.0. The maximum Gasteiger partial charge on any atom is 0.266 e. The average molecular weight is 1070 g/mol. The topological polar surface area (TPSA) is 72.5 Å². The lowest BCUT2D eigenvalue weighted by Gasteiger charge is -2.42. The van der Waals surface area contributed by atoms with Crippen LogP contribution in [0.2, 0.25) is 0 Å². The van der Waals surface area contributed by atoms with Gasteiger partial charge in [0.2, 0.25) is 5.78 Å². The molecule has 4 aliphatic rings. The summed E-state index contributed by atoms with van der Waals surface area (Å²) in [5, 5.41) is 0. The summed E-state index contributed by atoms with van der Waals surface area (Å²) in [7, 11) is 0. The third-order valence-electron chi connectivity index (χ3n) is 16.2. The van der Waals surface area contributed by atoms with E-state index in [1.165, 1.54) is 0 Å². The molecule has 0 N–H and O–H groups in total. The highest BCUT2D eigenvalue weighted by Crippen LogP contribution is 2.51. The van der Waals surface area contributed by atoms with Crippen molar-refractivity contribution in [3.8, 4) is 62.6 Å². The Morgan fingerprint density at radius 2 is 1.13 bits per heavy atom. The van der Waals surface area contributed by atoms with Crippen molar-refractivity contribution >= 4 is 90.8 Å². The van der Waals surface area contributed by atoms with E-state index in [2.05, 4.69) is 83.2 Å². The predicted octanol–water partition coefficient (Wildman–Crippen LogP) is 16.0. The largest absolute Gasteiger partial charge is 0.458 e. The number of imidazole rings is 2. The number of rotatable bonds is 8.